The van der Waals surface area contributed by atoms with E-state index >= 15 is 0 Å². The molecule has 5 nitrogen and oxygen atoms in total. The van der Waals surface area contributed by atoms with Gasteiger partial charge in [-0.1, -0.05) is 11.6 Å². The van der Waals surface area contributed by atoms with Crippen molar-refractivity contribution in [2.45, 2.75) is 18.9 Å². The fraction of sp³-hybridized carbons (Fsp3) is 0.615. The van der Waals surface area contributed by atoms with Crippen molar-refractivity contribution < 1.29 is 14.6 Å². The molecule has 2 heterocycles. The van der Waals surface area contributed by atoms with Crippen LogP contribution in [0.1, 0.15) is 23.8 Å². The van der Waals surface area contributed by atoms with Crippen LogP contribution in [-0.4, -0.2) is 37.3 Å². The molecule has 7 heteroatoms. The lowest BCUT2D eigenvalue weighted by atomic mass is 9.79. The molecule has 0 spiro atoms. The number of carbonyl (C=O) groups excluding carboxylic acids is 1. The van der Waals surface area contributed by atoms with Gasteiger partial charge in [-0.2, -0.15) is 0 Å². The van der Waals surface area contributed by atoms with Crippen LogP contribution in [0.4, 0.5) is 0 Å². The largest absolute Gasteiger partial charge is 0.386 e. The van der Waals surface area contributed by atoms with Crippen molar-refractivity contribution in [3.05, 3.63) is 21.3 Å². The summed E-state index contributed by atoms with van der Waals surface area (Å²) in [6, 6.07) is 3.49. The smallest absolute Gasteiger partial charge is 0.227 e. The number of nitrogens with one attached hydrogen (secondary N) is 1. The summed E-state index contributed by atoms with van der Waals surface area (Å²) < 4.78 is 5.90. The van der Waals surface area contributed by atoms with Crippen LogP contribution in [0.25, 0.3) is 0 Å². The van der Waals surface area contributed by atoms with E-state index in [1.54, 1.807) is 12.1 Å². The fourth-order valence-electron chi connectivity index (χ4n) is 2.27. The van der Waals surface area contributed by atoms with Crippen molar-refractivity contribution in [3.8, 4) is 0 Å². The molecule has 112 valence electrons. The minimum absolute atomic E-state index is 0.106. The maximum Gasteiger partial charge on any atom is 0.227 e. The predicted molar refractivity (Wildman–Crippen MR) is 78.8 cm³/mol. The number of halogens is 1. The van der Waals surface area contributed by atoms with E-state index in [9.17, 15) is 9.90 Å². The SMILES string of the molecule is NCC1(C(=O)NCC(O)c2ccc(Cl)s2)CCOCC1. The van der Waals surface area contributed by atoms with Gasteiger partial charge in [0.2, 0.25) is 5.91 Å². The summed E-state index contributed by atoms with van der Waals surface area (Å²) in [5, 5.41) is 12.8. The van der Waals surface area contributed by atoms with E-state index in [0.29, 0.717) is 36.9 Å². The van der Waals surface area contributed by atoms with Gasteiger partial charge in [0.05, 0.1) is 9.75 Å². The Labute approximate surface area is 127 Å². The van der Waals surface area contributed by atoms with Gasteiger partial charge in [0, 0.05) is 31.2 Å². The average molecular weight is 319 g/mol. The topological polar surface area (TPSA) is 84.6 Å². The van der Waals surface area contributed by atoms with Gasteiger partial charge in [-0.3, -0.25) is 4.79 Å². The van der Waals surface area contributed by atoms with Crippen LogP contribution in [0.3, 0.4) is 0 Å². The van der Waals surface area contributed by atoms with Crippen molar-refractivity contribution in [2.75, 3.05) is 26.3 Å². The van der Waals surface area contributed by atoms with E-state index in [4.69, 9.17) is 22.1 Å². The lowest BCUT2D eigenvalue weighted by Crippen LogP contribution is -2.49. The Kier molecular flexibility index (Phi) is 5.40. The summed E-state index contributed by atoms with van der Waals surface area (Å²) in [4.78, 5) is 13.1. The molecule has 0 aliphatic carbocycles. The summed E-state index contributed by atoms with van der Waals surface area (Å²) in [5.41, 5.74) is 5.20. The molecular formula is C13H19ClN2O3S. The zero-order valence-electron chi connectivity index (χ0n) is 11.1. The Bertz CT molecular complexity index is 460. The summed E-state index contributed by atoms with van der Waals surface area (Å²) in [7, 11) is 0. The molecule has 0 saturated carbocycles. The molecule has 1 fully saturated rings. The highest BCUT2D eigenvalue weighted by Crippen LogP contribution is 2.30. The first-order valence-corrected chi connectivity index (χ1v) is 7.76. The van der Waals surface area contributed by atoms with Crippen molar-refractivity contribution in [1.82, 2.24) is 5.32 Å². The van der Waals surface area contributed by atoms with Crippen LogP contribution in [0.5, 0.6) is 0 Å². The van der Waals surface area contributed by atoms with Gasteiger partial charge >= 0.3 is 0 Å². The van der Waals surface area contributed by atoms with E-state index in [-0.39, 0.29) is 12.5 Å². The third-order valence-electron chi connectivity index (χ3n) is 3.70. The maximum atomic E-state index is 12.3. The Morgan fingerprint density at radius 2 is 2.25 bits per heavy atom. The minimum atomic E-state index is -0.744. The quantitative estimate of drug-likeness (QED) is 0.764. The van der Waals surface area contributed by atoms with E-state index in [1.807, 2.05) is 0 Å². The Hall–Kier alpha value is -0.660. The number of rotatable bonds is 5. The highest BCUT2D eigenvalue weighted by Gasteiger charge is 2.38. The van der Waals surface area contributed by atoms with E-state index in [1.165, 1.54) is 11.3 Å². The first-order chi connectivity index (χ1) is 9.57. The molecule has 1 aromatic rings. The summed E-state index contributed by atoms with van der Waals surface area (Å²) in [6.45, 7) is 1.56. The molecule has 1 amide bonds. The average Bonchev–Trinajstić information content (AvgIpc) is 2.91. The molecular weight excluding hydrogens is 300 g/mol. The highest BCUT2D eigenvalue weighted by molar-refractivity contribution is 7.16. The molecule has 2 rings (SSSR count). The molecule has 1 unspecified atom stereocenters. The number of nitrogens with two attached hydrogens (primary N) is 1. The molecule has 0 aromatic carbocycles. The number of aliphatic hydroxyl groups is 1. The molecule has 1 aliphatic rings. The minimum Gasteiger partial charge on any atom is -0.386 e. The lowest BCUT2D eigenvalue weighted by molar-refractivity contribution is -0.136. The number of aliphatic hydroxyl groups excluding tert-OH is 1. The standard InChI is InChI=1S/C13H19ClN2O3S/c14-11-2-1-10(20-11)9(17)7-16-12(18)13(8-15)3-5-19-6-4-13/h1-2,9,17H,3-8,15H2,(H,16,18). The molecule has 1 saturated heterocycles. The molecule has 0 bridgehead atoms. The number of thiophene rings is 1. The van der Waals surface area contributed by atoms with Gasteiger partial charge in [-0.15, -0.1) is 11.3 Å². The number of amides is 1. The first-order valence-electron chi connectivity index (χ1n) is 6.57. The van der Waals surface area contributed by atoms with E-state index < -0.39 is 11.5 Å². The predicted octanol–water partition coefficient (Wildman–Crippen LogP) is 1.31. The summed E-state index contributed by atoms with van der Waals surface area (Å²) >= 11 is 7.13. The van der Waals surface area contributed by atoms with Crippen LogP contribution < -0.4 is 11.1 Å². The van der Waals surface area contributed by atoms with Gasteiger partial charge in [-0.05, 0) is 25.0 Å². The second-order valence-corrected chi connectivity index (χ2v) is 6.71. The number of carbonyl (C=O) groups is 1. The molecule has 1 atom stereocenters. The molecule has 1 aromatic heterocycles. The van der Waals surface area contributed by atoms with Crippen LogP contribution in [-0.2, 0) is 9.53 Å². The van der Waals surface area contributed by atoms with Crippen molar-refractivity contribution in [2.24, 2.45) is 11.1 Å². The molecule has 1 aliphatic heterocycles. The lowest BCUT2D eigenvalue weighted by Gasteiger charge is -2.34. The normalized spacial score (nSPS) is 19.6. The number of ether oxygens (including phenoxy) is 1. The highest BCUT2D eigenvalue weighted by atomic mass is 35.5. The summed E-state index contributed by atoms with van der Waals surface area (Å²) in [6.07, 6.45) is 0.498. The van der Waals surface area contributed by atoms with Crippen molar-refractivity contribution in [3.63, 3.8) is 0 Å². The third-order valence-corrected chi connectivity index (χ3v) is 5.03. The van der Waals surface area contributed by atoms with Gasteiger partial charge in [-0.25, -0.2) is 0 Å². The van der Waals surface area contributed by atoms with Gasteiger partial charge in [0.1, 0.15) is 6.10 Å². The monoisotopic (exact) mass is 318 g/mol. The molecule has 20 heavy (non-hydrogen) atoms. The first kappa shape index (κ1) is 15.7. The Morgan fingerprint density at radius 3 is 2.80 bits per heavy atom. The van der Waals surface area contributed by atoms with E-state index in [2.05, 4.69) is 5.32 Å². The molecule has 0 radical (unpaired) electrons. The van der Waals surface area contributed by atoms with Crippen LogP contribution in [0.15, 0.2) is 12.1 Å². The second-order valence-electron chi connectivity index (χ2n) is 4.96. The second kappa shape index (κ2) is 6.87. The van der Waals surface area contributed by atoms with Gasteiger partial charge in [0.15, 0.2) is 0 Å². The van der Waals surface area contributed by atoms with Crippen molar-refractivity contribution >= 4 is 28.8 Å². The van der Waals surface area contributed by atoms with Crippen LogP contribution in [0.2, 0.25) is 4.34 Å². The van der Waals surface area contributed by atoms with E-state index in [0.717, 1.165) is 4.88 Å². The number of hydrogen-bond donors (Lipinski definition) is 3. The third kappa shape index (κ3) is 3.51. The van der Waals surface area contributed by atoms with Crippen molar-refractivity contribution in [1.29, 1.82) is 0 Å². The maximum absolute atomic E-state index is 12.3. The van der Waals surface area contributed by atoms with Gasteiger partial charge in [0.25, 0.3) is 0 Å². The van der Waals surface area contributed by atoms with Crippen LogP contribution >= 0.6 is 22.9 Å². The zero-order valence-corrected chi connectivity index (χ0v) is 12.7. The Morgan fingerprint density at radius 1 is 1.55 bits per heavy atom. The van der Waals surface area contributed by atoms with Crippen LogP contribution in [0, 0.1) is 5.41 Å². The zero-order chi connectivity index (χ0) is 14.6. The Balaban J connectivity index is 1.90. The fourth-order valence-corrected chi connectivity index (χ4v) is 3.32. The van der Waals surface area contributed by atoms with Gasteiger partial charge < -0.3 is 20.9 Å². The molecule has 4 N–H and O–H groups in total. The number of hydrogen-bond acceptors (Lipinski definition) is 5. The summed E-state index contributed by atoms with van der Waals surface area (Å²) in [5.74, 6) is -0.106.